The highest BCUT2D eigenvalue weighted by Gasteiger charge is 2.38. The van der Waals surface area contributed by atoms with Gasteiger partial charge in [-0.2, -0.15) is 4.37 Å². The van der Waals surface area contributed by atoms with Crippen molar-refractivity contribution < 1.29 is 28.3 Å². The van der Waals surface area contributed by atoms with Gasteiger partial charge in [0.05, 0.1) is 18.4 Å². The minimum absolute atomic E-state index is 0.0251. The van der Waals surface area contributed by atoms with Crippen molar-refractivity contribution in [3.05, 3.63) is 58.5 Å². The van der Waals surface area contributed by atoms with Crippen LogP contribution in [0.25, 0.3) is 0 Å². The largest absolute Gasteiger partial charge is 0.494 e. The second-order valence-corrected chi connectivity index (χ2v) is 9.24. The average Bonchev–Trinajstić information content (AvgIpc) is 3.63. The van der Waals surface area contributed by atoms with Gasteiger partial charge in [0, 0.05) is 18.8 Å². The van der Waals surface area contributed by atoms with Gasteiger partial charge in [0.15, 0.2) is 11.7 Å². The van der Waals surface area contributed by atoms with Crippen LogP contribution in [0.2, 0.25) is 0 Å². The van der Waals surface area contributed by atoms with Crippen molar-refractivity contribution in [1.82, 2.24) is 9.69 Å². The molecule has 1 saturated heterocycles. The molecule has 1 aliphatic heterocycles. The molecule has 0 bridgehead atoms. The minimum atomic E-state index is -1.20. The van der Waals surface area contributed by atoms with E-state index >= 15 is 0 Å². The van der Waals surface area contributed by atoms with Gasteiger partial charge in [-0.05, 0) is 74.6 Å². The molecule has 3 amide bonds. The van der Waals surface area contributed by atoms with Gasteiger partial charge >= 0.3 is 0 Å². The molecule has 5 N–H and O–H groups in total. The Morgan fingerprint density at radius 2 is 2.00 bits per heavy atom. The average molecular weight is 528 g/mol. The van der Waals surface area contributed by atoms with Gasteiger partial charge < -0.3 is 30.7 Å². The smallest absolute Gasteiger partial charge is 0.273 e. The van der Waals surface area contributed by atoms with Gasteiger partial charge in [0.1, 0.15) is 22.1 Å². The third kappa shape index (κ3) is 5.75. The summed E-state index contributed by atoms with van der Waals surface area (Å²) in [6, 6.07) is 8.86. The van der Waals surface area contributed by atoms with Crippen molar-refractivity contribution in [3.63, 3.8) is 0 Å². The van der Waals surface area contributed by atoms with E-state index in [1.165, 1.54) is 4.90 Å². The SMILES string of the molecule is CCOc1ccc(N(C(=O)c2snc(C(N)=O)c2N)[C@@H](C(=O)NC[C@@H]2CCCO2)c2ccc(C)o2)cc1. The summed E-state index contributed by atoms with van der Waals surface area (Å²) < 4.78 is 21.0. The number of rotatable bonds is 10. The number of furan rings is 1. The molecule has 0 aliphatic carbocycles. The lowest BCUT2D eigenvalue weighted by Crippen LogP contribution is -2.45. The first kappa shape index (κ1) is 26.2. The molecule has 11 nitrogen and oxygen atoms in total. The molecule has 0 saturated carbocycles. The minimum Gasteiger partial charge on any atom is -0.494 e. The molecule has 1 fully saturated rings. The molecule has 0 radical (unpaired) electrons. The molecule has 4 rings (SSSR count). The summed E-state index contributed by atoms with van der Waals surface area (Å²) in [4.78, 5) is 40.6. The van der Waals surface area contributed by atoms with Gasteiger partial charge in [0.2, 0.25) is 0 Å². The monoisotopic (exact) mass is 527 g/mol. The Kier molecular flexibility index (Phi) is 8.09. The topological polar surface area (TPSA) is 163 Å². The zero-order valence-corrected chi connectivity index (χ0v) is 21.4. The fourth-order valence-corrected chi connectivity index (χ4v) is 4.82. The molecule has 2 aromatic heterocycles. The Morgan fingerprint density at radius 3 is 2.57 bits per heavy atom. The lowest BCUT2D eigenvalue weighted by atomic mass is 10.1. The molecule has 3 aromatic rings. The second kappa shape index (κ2) is 11.4. The van der Waals surface area contributed by atoms with E-state index in [0.29, 0.717) is 30.4 Å². The van der Waals surface area contributed by atoms with E-state index in [4.69, 9.17) is 25.4 Å². The number of carbonyl (C=O) groups is 3. The fourth-order valence-electron chi connectivity index (χ4n) is 4.08. The van der Waals surface area contributed by atoms with E-state index in [9.17, 15) is 14.4 Å². The van der Waals surface area contributed by atoms with Gasteiger partial charge in [-0.1, -0.05) is 0 Å². The normalized spacial score (nSPS) is 15.8. The number of benzene rings is 1. The Morgan fingerprint density at radius 1 is 1.24 bits per heavy atom. The van der Waals surface area contributed by atoms with Crippen LogP contribution in [-0.2, 0) is 9.53 Å². The summed E-state index contributed by atoms with van der Waals surface area (Å²) in [5.41, 5.74) is 11.5. The number of nitrogens with two attached hydrogens (primary N) is 2. The number of aryl methyl sites for hydroxylation is 1. The van der Waals surface area contributed by atoms with Crippen LogP contribution in [0.4, 0.5) is 11.4 Å². The number of primary amides is 1. The predicted molar refractivity (Wildman–Crippen MR) is 138 cm³/mol. The highest BCUT2D eigenvalue weighted by molar-refractivity contribution is 7.09. The van der Waals surface area contributed by atoms with Crippen LogP contribution < -0.4 is 26.4 Å². The zero-order valence-electron chi connectivity index (χ0n) is 20.6. The summed E-state index contributed by atoms with van der Waals surface area (Å²) in [5, 5.41) is 2.90. The van der Waals surface area contributed by atoms with Crippen LogP contribution in [-0.4, -0.2) is 48.0 Å². The number of nitrogen functional groups attached to an aromatic ring is 1. The Bertz CT molecular complexity index is 1260. The summed E-state index contributed by atoms with van der Waals surface area (Å²) in [7, 11) is 0. The Hall–Kier alpha value is -3.90. The molecule has 0 unspecified atom stereocenters. The summed E-state index contributed by atoms with van der Waals surface area (Å²) in [6.07, 6.45) is 1.65. The van der Waals surface area contributed by atoms with Crippen LogP contribution in [0.3, 0.4) is 0 Å². The molecule has 1 aliphatic rings. The van der Waals surface area contributed by atoms with Gasteiger partial charge in [-0.25, -0.2) is 0 Å². The number of hydrogen-bond donors (Lipinski definition) is 3. The number of ether oxygens (including phenoxy) is 2. The van der Waals surface area contributed by atoms with Gasteiger partial charge in [0.25, 0.3) is 17.7 Å². The standard InChI is InChI=1S/C25H29N5O6S/c1-3-34-16-9-7-15(8-10-16)30(25(33)22-19(26)20(23(27)31)29-37-22)21(18-11-6-14(2)36-18)24(32)28-13-17-5-4-12-35-17/h6-11,17,21H,3-5,12-13,26H2,1-2H3,(H2,27,31)(H,28,32)/t17-,21+/m0/s1. The van der Waals surface area contributed by atoms with Crippen molar-refractivity contribution in [1.29, 1.82) is 0 Å². The quantitative estimate of drug-likeness (QED) is 0.362. The second-order valence-electron chi connectivity index (χ2n) is 8.47. The number of hydrogen-bond acceptors (Lipinski definition) is 9. The maximum Gasteiger partial charge on any atom is 0.273 e. The maximum atomic E-state index is 14.0. The number of amides is 3. The predicted octanol–water partition coefficient (Wildman–Crippen LogP) is 2.81. The molecule has 2 atom stereocenters. The summed E-state index contributed by atoms with van der Waals surface area (Å²) in [6.45, 7) is 5.00. The fraction of sp³-hybridized carbons (Fsp3) is 0.360. The number of aromatic nitrogens is 1. The van der Waals surface area contributed by atoms with Crippen LogP contribution in [0.15, 0.2) is 40.8 Å². The third-order valence-corrected chi connectivity index (χ3v) is 6.72. The van der Waals surface area contributed by atoms with E-state index in [1.807, 2.05) is 6.92 Å². The molecule has 37 heavy (non-hydrogen) atoms. The maximum absolute atomic E-state index is 14.0. The van der Waals surface area contributed by atoms with Crippen molar-refractivity contribution in [3.8, 4) is 5.75 Å². The Balaban J connectivity index is 1.78. The van der Waals surface area contributed by atoms with E-state index in [1.54, 1.807) is 43.3 Å². The zero-order chi connectivity index (χ0) is 26.5. The van der Waals surface area contributed by atoms with E-state index < -0.39 is 23.8 Å². The van der Waals surface area contributed by atoms with Crippen LogP contribution in [0.1, 0.15) is 57.5 Å². The highest BCUT2D eigenvalue weighted by atomic mass is 32.1. The lowest BCUT2D eigenvalue weighted by Gasteiger charge is -2.30. The Labute approximate surface area is 217 Å². The summed E-state index contributed by atoms with van der Waals surface area (Å²) in [5.74, 6) is -0.543. The van der Waals surface area contributed by atoms with Crippen molar-refractivity contribution in [2.45, 2.75) is 38.8 Å². The number of carbonyl (C=O) groups excluding carboxylic acids is 3. The molecular weight excluding hydrogens is 498 g/mol. The molecule has 3 heterocycles. The van der Waals surface area contributed by atoms with E-state index in [2.05, 4.69) is 9.69 Å². The van der Waals surface area contributed by atoms with E-state index in [-0.39, 0.29) is 34.7 Å². The number of anilines is 2. The van der Waals surface area contributed by atoms with Crippen LogP contribution >= 0.6 is 11.5 Å². The first-order chi connectivity index (χ1) is 17.8. The molecule has 1 aromatic carbocycles. The first-order valence-electron chi connectivity index (χ1n) is 11.9. The van der Waals surface area contributed by atoms with Crippen molar-refractivity contribution in [2.75, 3.05) is 30.4 Å². The molecule has 196 valence electrons. The first-order valence-corrected chi connectivity index (χ1v) is 12.6. The van der Waals surface area contributed by atoms with E-state index in [0.717, 1.165) is 24.4 Å². The van der Waals surface area contributed by atoms with Crippen molar-refractivity contribution >= 4 is 40.6 Å². The summed E-state index contributed by atoms with van der Waals surface area (Å²) >= 11 is 0.736. The van der Waals surface area contributed by atoms with Gasteiger partial charge in [-0.15, -0.1) is 0 Å². The number of nitrogens with zero attached hydrogens (tertiary/aromatic N) is 2. The molecule has 0 spiro atoms. The van der Waals surface area contributed by atoms with Gasteiger partial charge in [-0.3, -0.25) is 19.3 Å². The van der Waals surface area contributed by atoms with Crippen molar-refractivity contribution in [2.24, 2.45) is 5.73 Å². The lowest BCUT2D eigenvalue weighted by molar-refractivity contribution is -0.123. The third-order valence-electron chi connectivity index (χ3n) is 5.87. The molecular formula is C25H29N5O6S. The molecule has 12 heteroatoms. The highest BCUT2D eigenvalue weighted by Crippen LogP contribution is 2.34. The van der Waals surface area contributed by atoms with Crippen LogP contribution in [0.5, 0.6) is 5.75 Å². The van der Waals surface area contributed by atoms with Crippen LogP contribution in [0, 0.1) is 6.92 Å². The number of nitrogens with one attached hydrogen (secondary N) is 1.